The smallest absolute Gasteiger partial charge is 0.288 e. The molecule has 0 radical (unpaired) electrons. The molecule has 0 aliphatic heterocycles. The second kappa shape index (κ2) is 2.89. The molecule has 0 aromatic heterocycles. The van der Waals surface area contributed by atoms with Crippen LogP contribution >= 0.6 is 8.03 Å². The van der Waals surface area contributed by atoms with Gasteiger partial charge in [-0.1, -0.05) is 0 Å². The van der Waals surface area contributed by atoms with E-state index in [0.29, 0.717) is 0 Å². The summed E-state index contributed by atoms with van der Waals surface area (Å²) in [7, 11) is -1.07. The standard InChI is InChI=1S/C2H4NO2P/c1-5-6(4)2-3/h6H,1H3. The van der Waals surface area contributed by atoms with E-state index in [-0.39, 0.29) is 0 Å². The van der Waals surface area contributed by atoms with Gasteiger partial charge in [-0.2, -0.15) is 5.26 Å². The van der Waals surface area contributed by atoms with Gasteiger partial charge in [0, 0.05) is 7.11 Å². The number of hydrogen-bond donors (Lipinski definition) is 0. The van der Waals surface area contributed by atoms with Crippen LogP contribution in [0.2, 0.25) is 0 Å². The molecule has 0 saturated heterocycles. The number of hydrogen-bond acceptors (Lipinski definition) is 3. The summed E-state index contributed by atoms with van der Waals surface area (Å²) in [5.74, 6) is 1.44. The number of nitriles is 1. The first kappa shape index (κ1) is 5.68. The maximum Gasteiger partial charge on any atom is 0.288 e. The minimum atomic E-state index is -2.31. The van der Waals surface area contributed by atoms with Gasteiger partial charge in [-0.15, -0.1) is 0 Å². The topological polar surface area (TPSA) is 50.1 Å². The normalized spacial score (nSPS) is 12.7. The molecule has 0 aromatic carbocycles. The summed E-state index contributed by atoms with van der Waals surface area (Å²) in [6, 6.07) is 0. The van der Waals surface area contributed by atoms with Gasteiger partial charge in [0.05, 0.1) is 0 Å². The molecule has 34 valence electrons. The van der Waals surface area contributed by atoms with Crippen LogP contribution < -0.4 is 0 Å². The first-order valence-electron chi connectivity index (χ1n) is 1.29. The van der Waals surface area contributed by atoms with Crippen molar-refractivity contribution in [1.82, 2.24) is 0 Å². The zero-order chi connectivity index (χ0) is 4.99. The number of nitrogens with zero attached hydrogens (tertiary/aromatic N) is 1. The van der Waals surface area contributed by atoms with Gasteiger partial charge in [0.2, 0.25) is 0 Å². The largest absolute Gasteiger partial charge is 0.324 e. The summed E-state index contributed by atoms with van der Waals surface area (Å²) < 4.78 is 13.9. The minimum Gasteiger partial charge on any atom is -0.324 e. The predicted molar refractivity (Wildman–Crippen MR) is 21.6 cm³/mol. The Hall–Kier alpha value is -0.320. The van der Waals surface area contributed by atoms with Gasteiger partial charge in [0.25, 0.3) is 8.03 Å². The quantitative estimate of drug-likeness (QED) is 0.458. The van der Waals surface area contributed by atoms with Gasteiger partial charge in [-0.3, -0.25) is 4.57 Å². The van der Waals surface area contributed by atoms with Crippen molar-refractivity contribution in [1.29, 1.82) is 5.26 Å². The van der Waals surface area contributed by atoms with E-state index in [9.17, 15) is 4.57 Å². The van der Waals surface area contributed by atoms with E-state index in [0.717, 1.165) is 0 Å². The molecule has 0 heterocycles. The molecule has 1 unspecified atom stereocenters. The highest BCUT2D eigenvalue weighted by Gasteiger charge is 1.82. The lowest BCUT2D eigenvalue weighted by Gasteiger charge is -1.76. The molecule has 0 N–H and O–H groups in total. The molecule has 0 saturated carbocycles. The Kier molecular flexibility index (Phi) is 2.74. The lowest BCUT2D eigenvalue weighted by atomic mass is 11.8. The maximum atomic E-state index is 9.78. The maximum absolute atomic E-state index is 9.78. The van der Waals surface area contributed by atoms with E-state index in [1.165, 1.54) is 12.9 Å². The molecule has 0 fully saturated rings. The third kappa shape index (κ3) is 1.95. The highest BCUT2D eigenvalue weighted by Crippen LogP contribution is 2.15. The first-order chi connectivity index (χ1) is 2.81. The molecule has 0 rings (SSSR count). The van der Waals surface area contributed by atoms with Crippen LogP contribution in [0.3, 0.4) is 0 Å². The first-order valence-corrected chi connectivity index (χ1v) is 2.61. The van der Waals surface area contributed by atoms with E-state index in [2.05, 4.69) is 4.52 Å². The van der Waals surface area contributed by atoms with Crippen LogP contribution in [0.4, 0.5) is 0 Å². The van der Waals surface area contributed by atoms with E-state index < -0.39 is 8.03 Å². The fourth-order valence-corrected chi connectivity index (χ4v) is 0.137. The van der Waals surface area contributed by atoms with Crippen LogP contribution in [0.5, 0.6) is 0 Å². The molecule has 0 amide bonds. The van der Waals surface area contributed by atoms with Gasteiger partial charge in [-0.05, 0) is 0 Å². The second-order valence-electron chi connectivity index (χ2n) is 0.603. The molecule has 6 heavy (non-hydrogen) atoms. The van der Waals surface area contributed by atoms with Crippen LogP contribution in [-0.2, 0) is 9.09 Å². The van der Waals surface area contributed by atoms with Crippen molar-refractivity contribution >= 4 is 8.03 Å². The Bertz CT molecular complexity index is 94.2. The molecule has 0 aromatic rings. The highest BCUT2D eigenvalue weighted by atomic mass is 31.1. The summed E-state index contributed by atoms with van der Waals surface area (Å²) in [6.07, 6.45) is 0. The third-order valence-corrected chi connectivity index (χ3v) is 0.830. The van der Waals surface area contributed by atoms with Crippen molar-refractivity contribution in [3.8, 4) is 5.81 Å². The Labute approximate surface area is 36.4 Å². The molecule has 0 aliphatic rings. The molecular weight excluding hydrogens is 101 g/mol. The third-order valence-electron chi connectivity index (χ3n) is 0.277. The summed E-state index contributed by atoms with van der Waals surface area (Å²) in [4.78, 5) is 0. The molecule has 1 atom stereocenters. The molecule has 0 bridgehead atoms. The number of rotatable bonds is 1. The second-order valence-corrected chi connectivity index (χ2v) is 1.81. The van der Waals surface area contributed by atoms with Crippen molar-refractivity contribution in [2.75, 3.05) is 7.11 Å². The van der Waals surface area contributed by atoms with Crippen molar-refractivity contribution in [3.63, 3.8) is 0 Å². The predicted octanol–water partition coefficient (Wildman–Crippen LogP) is 0.589. The molecule has 0 aliphatic carbocycles. The van der Waals surface area contributed by atoms with Crippen molar-refractivity contribution in [2.45, 2.75) is 0 Å². The van der Waals surface area contributed by atoms with E-state index in [1.807, 2.05) is 0 Å². The lowest BCUT2D eigenvalue weighted by Crippen LogP contribution is -1.56. The summed E-state index contributed by atoms with van der Waals surface area (Å²) in [6.45, 7) is 0. The van der Waals surface area contributed by atoms with Crippen molar-refractivity contribution < 1.29 is 9.09 Å². The monoisotopic (exact) mass is 105 g/mol. The van der Waals surface area contributed by atoms with E-state index >= 15 is 0 Å². The zero-order valence-corrected chi connectivity index (χ0v) is 4.26. The minimum absolute atomic E-state index is 1.24. The summed E-state index contributed by atoms with van der Waals surface area (Å²) in [5.41, 5.74) is 0. The molecular formula is C2H4NO2P. The van der Waals surface area contributed by atoms with Gasteiger partial charge >= 0.3 is 0 Å². The molecule has 3 nitrogen and oxygen atoms in total. The summed E-state index contributed by atoms with van der Waals surface area (Å²) in [5, 5.41) is 7.69. The van der Waals surface area contributed by atoms with Crippen LogP contribution in [0.15, 0.2) is 0 Å². The zero-order valence-electron chi connectivity index (χ0n) is 3.26. The lowest BCUT2D eigenvalue weighted by molar-refractivity contribution is 0.423. The van der Waals surface area contributed by atoms with Gasteiger partial charge in [-0.25, -0.2) is 0 Å². The van der Waals surface area contributed by atoms with Gasteiger partial charge in [0.15, 0.2) is 5.81 Å². The van der Waals surface area contributed by atoms with Crippen molar-refractivity contribution in [3.05, 3.63) is 0 Å². The Balaban J connectivity index is 3.33. The van der Waals surface area contributed by atoms with Crippen LogP contribution in [0, 0.1) is 11.1 Å². The van der Waals surface area contributed by atoms with Gasteiger partial charge < -0.3 is 4.52 Å². The average molecular weight is 105 g/mol. The van der Waals surface area contributed by atoms with Crippen LogP contribution in [0.1, 0.15) is 0 Å². The Morgan fingerprint density at radius 1 is 2.00 bits per heavy atom. The SMILES string of the molecule is CO[PH](=O)C#N. The average Bonchev–Trinajstić information content (AvgIpc) is 1.65. The molecule has 4 heteroatoms. The Morgan fingerprint density at radius 2 is 2.50 bits per heavy atom. The fourth-order valence-electron chi connectivity index (χ4n) is 0.0456. The Morgan fingerprint density at radius 3 is 2.50 bits per heavy atom. The fraction of sp³-hybridized carbons (Fsp3) is 0.500. The highest BCUT2D eigenvalue weighted by molar-refractivity contribution is 7.44. The molecule has 0 spiro atoms. The summed E-state index contributed by atoms with van der Waals surface area (Å²) >= 11 is 0. The van der Waals surface area contributed by atoms with E-state index in [1.54, 1.807) is 0 Å². The van der Waals surface area contributed by atoms with Crippen LogP contribution in [0.25, 0.3) is 0 Å². The van der Waals surface area contributed by atoms with Gasteiger partial charge in [0.1, 0.15) is 0 Å². The van der Waals surface area contributed by atoms with Crippen molar-refractivity contribution in [2.24, 2.45) is 0 Å². The van der Waals surface area contributed by atoms with Crippen LogP contribution in [-0.4, -0.2) is 7.11 Å². The van der Waals surface area contributed by atoms with E-state index in [4.69, 9.17) is 5.26 Å².